The molecule has 1 aliphatic rings. The van der Waals surface area contributed by atoms with Crippen LogP contribution in [-0.2, 0) is 0 Å². The highest BCUT2D eigenvalue weighted by Gasteiger charge is 2.35. The van der Waals surface area contributed by atoms with Crippen molar-refractivity contribution in [2.24, 2.45) is 5.92 Å². The summed E-state index contributed by atoms with van der Waals surface area (Å²) in [5.74, 6) is 0.862. The van der Waals surface area contributed by atoms with Gasteiger partial charge in [0.1, 0.15) is 0 Å². The van der Waals surface area contributed by atoms with Crippen LogP contribution in [0.1, 0.15) is 47.5 Å². The minimum atomic E-state index is 0.334. The number of hydrogen-bond acceptors (Lipinski definition) is 1. The first-order chi connectivity index (χ1) is 4.81. The molecule has 0 aromatic carbocycles. The molecular formula is C10H21N. The molecule has 0 radical (unpaired) electrons. The molecule has 0 bridgehead atoms. The van der Waals surface area contributed by atoms with Crippen LogP contribution < -0.4 is 5.32 Å². The largest absolute Gasteiger partial charge is 0.307 e. The van der Waals surface area contributed by atoms with Gasteiger partial charge in [-0.15, -0.1) is 0 Å². The Balaban J connectivity index is 2.66. The number of rotatable bonds is 0. The van der Waals surface area contributed by atoms with Crippen molar-refractivity contribution in [2.75, 3.05) is 0 Å². The average Bonchev–Trinajstić information content (AvgIpc) is 1.49. The van der Waals surface area contributed by atoms with Gasteiger partial charge in [-0.1, -0.05) is 6.92 Å². The first-order valence-electron chi connectivity index (χ1n) is 4.60. The fraction of sp³-hybridized carbons (Fsp3) is 1.00. The maximum Gasteiger partial charge on any atom is 0.0132 e. The highest BCUT2D eigenvalue weighted by atomic mass is 15.0. The lowest BCUT2D eigenvalue weighted by atomic mass is 9.77. The van der Waals surface area contributed by atoms with Crippen molar-refractivity contribution in [3.05, 3.63) is 0 Å². The van der Waals surface area contributed by atoms with Crippen molar-refractivity contribution in [1.29, 1.82) is 0 Å². The first kappa shape index (κ1) is 9.05. The Morgan fingerprint density at radius 2 is 1.36 bits per heavy atom. The predicted octanol–water partition coefficient (Wildman–Crippen LogP) is 2.56. The van der Waals surface area contributed by atoms with Gasteiger partial charge in [-0.3, -0.25) is 0 Å². The topological polar surface area (TPSA) is 12.0 Å². The van der Waals surface area contributed by atoms with E-state index in [1.807, 2.05) is 0 Å². The molecule has 0 aromatic heterocycles. The van der Waals surface area contributed by atoms with Crippen LogP contribution in [-0.4, -0.2) is 11.1 Å². The van der Waals surface area contributed by atoms with Crippen LogP contribution in [0.25, 0.3) is 0 Å². The molecule has 1 saturated heterocycles. The van der Waals surface area contributed by atoms with Crippen molar-refractivity contribution in [1.82, 2.24) is 5.32 Å². The molecule has 0 amide bonds. The number of piperidine rings is 1. The molecule has 66 valence electrons. The lowest BCUT2D eigenvalue weighted by molar-refractivity contribution is 0.138. The molecule has 0 saturated carbocycles. The molecule has 1 fully saturated rings. The van der Waals surface area contributed by atoms with Crippen molar-refractivity contribution in [2.45, 2.75) is 58.5 Å². The average molecular weight is 155 g/mol. The van der Waals surface area contributed by atoms with E-state index < -0.39 is 0 Å². The Kier molecular flexibility index (Phi) is 2.04. The van der Waals surface area contributed by atoms with E-state index in [9.17, 15) is 0 Å². The van der Waals surface area contributed by atoms with Gasteiger partial charge < -0.3 is 5.32 Å². The zero-order valence-corrected chi connectivity index (χ0v) is 8.49. The molecule has 0 atom stereocenters. The van der Waals surface area contributed by atoms with Crippen molar-refractivity contribution in [3.8, 4) is 0 Å². The summed E-state index contributed by atoms with van der Waals surface area (Å²) in [7, 11) is 0. The molecule has 1 heterocycles. The molecule has 1 rings (SSSR count). The SMILES string of the molecule is CC1CC(C)(C)NC(C)(C)C1. The maximum atomic E-state index is 3.66. The second kappa shape index (κ2) is 2.48. The molecule has 1 N–H and O–H groups in total. The molecule has 11 heavy (non-hydrogen) atoms. The first-order valence-corrected chi connectivity index (χ1v) is 4.60. The van der Waals surface area contributed by atoms with E-state index in [4.69, 9.17) is 0 Å². The highest BCUT2D eigenvalue weighted by molar-refractivity contribution is 4.95. The molecule has 1 heteroatoms. The molecule has 0 unspecified atom stereocenters. The van der Waals surface area contributed by atoms with Gasteiger partial charge in [-0.05, 0) is 46.5 Å². The third kappa shape index (κ3) is 2.48. The second-order valence-corrected chi connectivity index (χ2v) is 5.41. The minimum absolute atomic E-state index is 0.334. The summed E-state index contributed by atoms with van der Waals surface area (Å²) in [6.45, 7) is 11.5. The van der Waals surface area contributed by atoms with Crippen LogP contribution in [0.15, 0.2) is 0 Å². The van der Waals surface area contributed by atoms with Gasteiger partial charge in [0.15, 0.2) is 0 Å². The molecule has 1 aliphatic heterocycles. The van der Waals surface area contributed by atoms with E-state index in [-0.39, 0.29) is 0 Å². The smallest absolute Gasteiger partial charge is 0.0132 e. The standard InChI is InChI=1S/C10H21N/c1-8-6-9(2,3)11-10(4,5)7-8/h8,11H,6-7H2,1-5H3. The van der Waals surface area contributed by atoms with Crippen LogP contribution in [0.5, 0.6) is 0 Å². The third-order valence-corrected chi connectivity index (χ3v) is 2.39. The van der Waals surface area contributed by atoms with Gasteiger partial charge in [0.2, 0.25) is 0 Å². The zero-order chi connectivity index (χ0) is 8.70. The van der Waals surface area contributed by atoms with Gasteiger partial charge in [0.05, 0.1) is 0 Å². The summed E-state index contributed by atoms with van der Waals surface area (Å²) in [5, 5.41) is 3.66. The van der Waals surface area contributed by atoms with Crippen molar-refractivity contribution < 1.29 is 0 Å². The summed E-state index contributed by atoms with van der Waals surface area (Å²) in [6, 6.07) is 0. The molecular weight excluding hydrogens is 134 g/mol. The van der Waals surface area contributed by atoms with E-state index in [1.54, 1.807) is 0 Å². The molecule has 0 spiro atoms. The van der Waals surface area contributed by atoms with Crippen LogP contribution in [0.2, 0.25) is 0 Å². The van der Waals surface area contributed by atoms with Crippen LogP contribution in [0.3, 0.4) is 0 Å². The van der Waals surface area contributed by atoms with Gasteiger partial charge in [0, 0.05) is 11.1 Å². The Bertz CT molecular complexity index is 131. The number of hydrogen-bond donors (Lipinski definition) is 1. The van der Waals surface area contributed by atoms with Crippen LogP contribution >= 0.6 is 0 Å². The summed E-state index contributed by atoms with van der Waals surface area (Å²) < 4.78 is 0. The normalized spacial score (nSPS) is 30.3. The van der Waals surface area contributed by atoms with Crippen molar-refractivity contribution >= 4 is 0 Å². The maximum absolute atomic E-state index is 3.66. The fourth-order valence-electron chi connectivity index (χ4n) is 2.83. The van der Waals surface area contributed by atoms with E-state index in [0.717, 1.165) is 5.92 Å². The summed E-state index contributed by atoms with van der Waals surface area (Å²) in [4.78, 5) is 0. The van der Waals surface area contributed by atoms with E-state index in [0.29, 0.717) is 11.1 Å². The van der Waals surface area contributed by atoms with Crippen LogP contribution in [0, 0.1) is 5.92 Å². The summed E-state index contributed by atoms with van der Waals surface area (Å²) in [6.07, 6.45) is 2.60. The van der Waals surface area contributed by atoms with Gasteiger partial charge in [0.25, 0.3) is 0 Å². The zero-order valence-electron chi connectivity index (χ0n) is 8.49. The van der Waals surface area contributed by atoms with E-state index in [1.165, 1.54) is 12.8 Å². The van der Waals surface area contributed by atoms with Gasteiger partial charge >= 0.3 is 0 Å². The highest BCUT2D eigenvalue weighted by Crippen LogP contribution is 2.31. The minimum Gasteiger partial charge on any atom is -0.307 e. The van der Waals surface area contributed by atoms with Gasteiger partial charge in [-0.2, -0.15) is 0 Å². The fourth-order valence-corrected chi connectivity index (χ4v) is 2.83. The van der Waals surface area contributed by atoms with Crippen molar-refractivity contribution in [3.63, 3.8) is 0 Å². The second-order valence-electron chi connectivity index (χ2n) is 5.41. The summed E-state index contributed by atoms with van der Waals surface area (Å²) >= 11 is 0. The molecule has 1 nitrogen and oxygen atoms in total. The van der Waals surface area contributed by atoms with Gasteiger partial charge in [-0.25, -0.2) is 0 Å². The lowest BCUT2D eigenvalue weighted by Gasteiger charge is -2.45. The molecule has 0 aromatic rings. The summed E-state index contributed by atoms with van der Waals surface area (Å²) in [5.41, 5.74) is 0.669. The Labute approximate surface area is 70.6 Å². The number of nitrogens with one attached hydrogen (secondary N) is 1. The lowest BCUT2D eigenvalue weighted by Crippen LogP contribution is -2.57. The Morgan fingerprint density at radius 1 is 1.00 bits per heavy atom. The predicted molar refractivity (Wildman–Crippen MR) is 49.7 cm³/mol. The monoisotopic (exact) mass is 155 g/mol. The third-order valence-electron chi connectivity index (χ3n) is 2.39. The Morgan fingerprint density at radius 3 is 1.64 bits per heavy atom. The Hall–Kier alpha value is -0.0400. The van der Waals surface area contributed by atoms with Crippen LogP contribution in [0.4, 0.5) is 0 Å². The quantitative estimate of drug-likeness (QED) is 0.567. The van der Waals surface area contributed by atoms with E-state index >= 15 is 0 Å². The van der Waals surface area contributed by atoms with E-state index in [2.05, 4.69) is 39.9 Å². The molecule has 0 aliphatic carbocycles.